The van der Waals surface area contributed by atoms with E-state index in [4.69, 9.17) is 0 Å². The summed E-state index contributed by atoms with van der Waals surface area (Å²) in [4.78, 5) is 6.46. The molecule has 2 aromatic rings. The van der Waals surface area contributed by atoms with Crippen LogP contribution in [0.5, 0.6) is 0 Å². The normalized spacial score (nSPS) is 17.2. The fourth-order valence-electron chi connectivity index (χ4n) is 1.87. The van der Waals surface area contributed by atoms with Crippen molar-refractivity contribution in [1.29, 1.82) is 0 Å². The Morgan fingerprint density at radius 1 is 1.20 bits per heavy atom. The summed E-state index contributed by atoms with van der Waals surface area (Å²) in [5, 5.41) is 7.84. The summed E-state index contributed by atoms with van der Waals surface area (Å²) in [7, 11) is 0. The van der Waals surface area contributed by atoms with Gasteiger partial charge in [0.05, 0.1) is 0 Å². The van der Waals surface area contributed by atoms with E-state index in [2.05, 4.69) is 20.3 Å². The summed E-state index contributed by atoms with van der Waals surface area (Å²) in [6.45, 7) is 4.10. The van der Waals surface area contributed by atoms with Gasteiger partial charge in [0.1, 0.15) is 5.82 Å². The Morgan fingerprint density at radius 2 is 2.07 bits per heavy atom. The molecule has 1 aliphatic rings. The lowest BCUT2D eigenvalue weighted by molar-refractivity contribution is 0.581. The molecule has 1 aliphatic heterocycles. The van der Waals surface area contributed by atoms with Gasteiger partial charge in [0.2, 0.25) is 0 Å². The third-order valence-corrected chi connectivity index (χ3v) is 2.68. The van der Waals surface area contributed by atoms with Gasteiger partial charge in [-0.1, -0.05) is 0 Å². The van der Waals surface area contributed by atoms with Gasteiger partial charge in [-0.15, -0.1) is 5.10 Å². The number of imidazole rings is 1. The maximum atomic E-state index is 4.51. The van der Waals surface area contributed by atoms with E-state index in [9.17, 15) is 0 Å². The van der Waals surface area contributed by atoms with Gasteiger partial charge in [-0.2, -0.15) is 0 Å². The maximum Gasteiger partial charge on any atom is 0.153 e. The minimum Gasteiger partial charge on any atom is -0.353 e. The van der Waals surface area contributed by atoms with E-state index < -0.39 is 0 Å². The van der Waals surface area contributed by atoms with Crippen molar-refractivity contribution in [2.45, 2.75) is 0 Å². The molecule has 0 saturated carbocycles. The molecule has 3 heterocycles. The minimum atomic E-state index is 0.897. The van der Waals surface area contributed by atoms with Crippen molar-refractivity contribution in [3.63, 3.8) is 0 Å². The predicted octanol–water partition coefficient (Wildman–Crippen LogP) is 0.139. The first kappa shape index (κ1) is 8.67. The summed E-state index contributed by atoms with van der Waals surface area (Å²) in [5.74, 6) is 1.03. The fraction of sp³-hybridized carbons (Fsp3) is 0.400. The quantitative estimate of drug-likeness (QED) is 0.716. The Bertz CT molecular complexity index is 458. The summed E-state index contributed by atoms with van der Waals surface area (Å²) in [6.07, 6.45) is 3.64. The molecule has 15 heavy (non-hydrogen) atoms. The summed E-state index contributed by atoms with van der Waals surface area (Å²) >= 11 is 0. The summed E-state index contributed by atoms with van der Waals surface area (Å²) in [5.41, 5.74) is 0.897. The van der Waals surface area contributed by atoms with Gasteiger partial charge < -0.3 is 10.2 Å². The first-order valence-corrected chi connectivity index (χ1v) is 5.19. The highest BCUT2D eigenvalue weighted by Gasteiger charge is 2.11. The van der Waals surface area contributed by atoms with Crippen molar-refractivity contribution >= 4 is 11.5 Å². The number of fused-ring (bicyclic) bond motifs is 1. The molecule has 0 bridgehead atoms. The van der Waals surface area contributed by atoms with Crippen LogP contribution in [0.25, 0.3) is 5.65 Å². The van der Waals surface area contributed by atoms with E-state index in [-0.39, 0.29) is 0 Å². The number of nitrogens with one attached hydrogen (secondary N) is 1. The topological polar surface area (TPSA) is 45.5 Å². The molecule has 0 amide bonds. The van der Waals surface area contributed by atoms with E-state index in [0.717, 1.165) is 37.6 Å². The minimum absolute atomic E-state index is 0.897. The molecule has 1 saturated heterocycles. The molecule has 0 spiro atoms. The van der Waals surface area contributed by atoms with Crippen LogP contribution in [0.1, 0.15) is 0 Å². The lowest BCUT2D eigenvalue weighted by Gasteiger charge is -2.28. The molecule has 0 aromatic carbocycles. The molecule has 5 nitrogen and oxygen atoms in total. The highest BCUT2D eigenvalue weighted by molar-refractivity contribution is 5.45. The second kappa shape index (κ2) is 3.51. The molecule has 1 fully saturated rings. The SMILES string of the molecule is c1cn2nc(N3CCNCC3)ccc2n1. The van der Waals surface area contributed by atoms with Crippen LogP contribution in [-0.2, 0) is 0 Å². The monoisotopic (exact) mass is 203 g/mol. The molecule has 3 rings (SSSR count). The van der Waals surface area contributed by atoms with Gasteiger partial charge in [0.25, 0.3) is 0 Å². The second-order valence-corrected chi connectivity index (χ2v) is 3.66. The number of piperazine rings is 1. The molecule has 0 aliphatic carbocycles. The standard InChI is InChI=1S/C10H13N5/c1-2-10(14-6-3-11-4-7-14)13-15-8-5-12-9(1)15/h1-2,5,8,11H,3-4,6-7H2. The number of anilines is 1. The van der Waals surface area contributed by atoms with Gasteiger partial charge in [0.15, 0.2) is 5.65 Å². The van der Waals surface area contributed by atoms with Crippen LogP contribution < -0.4 is 10.2 Å². The lowest BCUT2D eigenvalue weighted by atomic mass is 10.3. The van der Waals surface area contributed by atoms with Crippen LogP contribution in [0.15, 0.2) is 24.5 Å². The molecule has 5 heteroatoms. The lowest BCUT2D eigenvalue weighted by Crippen LogP contribution is -2.44. The van der Waals surface area contributed by atoms with E-state index >= 15 is 0 Å². The largest absolute Gasteiger partial charge is 0.353 e. The van der Waals surface area contributed by atoms with Gasteiger partial charge in [-0.05, 0) is 12.1 Å². The van der Waals surface area contributed by atoms with Crippen molar-refractivity contribution in [2.24, 2.45) is 0 Å². The highest BCUT2D eigenvalue weighted by atomic mass is 15.3. The third-order valence-electron chi connectivity index (χ3n) is 2.68. The number of aromatic nitrogens is 3. The molecule has 0 unspecified atom stereocenters. The number of hydrogen-bond acceptors (Lipinski definition) is 4. The highest BCUT2D eigenvalue weighted by Crippen LogP contribution is 2.11. The zero-order valence-electron chi connectivity index (χ0n) is 8.43. The molecule has 2 aromatic heterocycles. The van der Waals surface area contributed by atoms with Gasteiger partial charge in [0, 0.05) is 38.6 Å². The molecule has 78 valence electrons. The summed E-state index contributed by atoms with van der Waals surface area (Å²) in [6, 6.07) is 4.04. The van der Waals surface area contributed by atoms with Crippen LogP contribution in [0, 0.1) is 0 Å². The number of rotatable bonds is 1. The van der Waals surface area contributed by atoms with Crippen LogP contribution in [0.2, 0.25) is 0 Å². The Kier molecular flexibility index (Phi) is 2.03. The number of hydrogen-bond donors (Lipinski definition) is 1. The zero-order valence-corrected chi connectivity index (χ0v) is 8.43. The summed E-state index contributed by atoms with van der Waals surface area (Å²) < 4.78 is 1.82. The van der Waals surface area contributed by atoms with Crippen LogP contribution in [0.3, 0.4) is 0 Å². The molecule has 1 N–H and O–H groups in total. The zero-order chi connectivity index (χ0) is 10.1. The van der Waals surface area contributed by atoms with Crippen molar-refractivity contribution < 1.29 is 0 Å². The van der Waals surface area contributed by atoms with Crippen molar-refractivity contribution in [2.75, 3.05) is 31.1 Å². The van der Waals surface area contributed by atoms with Crippen LogP contribution in [-0.4, -0.2) is 40.8 Å². The first-order chi connectivity index (χ1) is 7.43. The van der Waals surface area contributed by atoms with Gasteiger partial charge in [-0.3, -0.25) is 0 Å². The van der Waals surface area contributed by atoms with E-state index in [1.165, 1.54) is 0 Å². The second-order valence-electron chi connectivity index (χ2n) is 3.66. The number of nitrogens with zero attached hydrogens (tertiary/aromatic N) is 4. The first-order valence-electron chi connectivity index (χ1n) is 5.19. The van der Waals surface area contributed by atoms with Crippen LogP contribution >= 0.6 is 0 Å². The van der Waals surface area contributed by atoms with E-state index in [1.807, 2.05) is 22.8 Å². The average molecular weight is 203 g/mol. The third kappa shape index (κ3) is 1.55. The Balaban J connectivity index is 1.95. The van der Waals surface area contributed by atoms with Crippen molar-refractivity contribution in [3.8, 4) is 0 Å². The Labute approximate surface area is 87.7 Å². The van der Waals surface area contributed by atoms with Crippen molar-refractivity contribution in [1.82, 2.24) is 19.9 Å². The van der Waals surface area contributed by atoms with Crippen LogP contribution in [0.4, 0.5) is 5.82 Å². The predicted molar refractivity (Wildman–Crippen MR) is 58.1 cm³/mol. The molecule has 0 atom stereocenters. The Morgan fingerprint density at radius 3 is 2.93 bits per heavy atom. The van der Waals surface area contributed by atoms with Crippen molar-refractivity contribution in [3.05, 3.63) is 24.5 Å². The molecule has 0 radical (unpaired) electrons. The van der Waals surface area contributed by atoms with Gasteiger partial charge in [-0.25, -0.2) is 9.50 Å². The smallest absolute Gasteiger partial charge is 0.153 e. The molecular formula is C10H13N5. The maximum absolute atomic E-state index is 4.51. The van der Waals surface area contributed by atoms with E-state index in [0.29, 0.717) is 0 Å². The van der Waals surface area contributed by atoms with Gasteiger partial charge >= 0.3 is 0 Å². The van der Waals surface area contributed by atoms with E-state index in [1.54, 1.807) is 6.20 Å². The Hall–Kier alpha value is -1.62. The fourth-order valence-corrected chi connectivity index (χ4v) is 1.87. The molecular weight excluding hydrogens is 190 g/mol. The average Bonchev–Trinajstić information content (AvgIpc) is 2.77.